The molecule has 5 nitrogen and oxygen atoms in total. The highest BCUT2D eigenvalue weighted by Gasteiger charge is 2.32. The molecule has 1 saturated carbocycles. The predicted octanol–water partition coefficient (Wildman–Crippen LogP) is 6.23. The number of rotatable bonds is 10. The first-order valence-corrected chi connectivity index (χ1v) is 13.9. The Morgan fingerprint density at radius 1 is 0.946 bits per heavy atom. The molecule has 0 heterocycles. The van der Waals surface area contributed by atoms with Gasteiger partial charge in [0, 0.05) is 23.5 Å². The molecule has 1 N–H and O–H groups in total. The molecular weight excluding hydrogens is 528 g/mol. The van der Waals surface area contributed by atoms with E-state index < -0.39 is 6.04 Å². The van der Waals surface area contributed by atoms with Gasteiger partial charge >= 0.3 is 0 Å². The second-order valence-electron chi connectivity index (χ2n) is 9.76. The maximum Gasteiger partial charge on any atom is 0.261 e. The fraction of sp³-hybridized carbons (Fsp3) is 0.355. The minimum absolute atomic E-state index is 0.0977. The van der Waals surface area contributed by atoms with Crippen molar-refractivity contribution < 1.29 is 14.3 Å². The topological polar surface area (TPSA) is 58.6 Å². The van der Waals surface area contributed by atoms with E-state index in [1.54, 1.807) is 4.90 Å². The van der Waals surface area contributed by atoms with Gasteiger partial charge in [0.2, 0.25) is 5.91 Å². The van der Waals surface area contributed by atoms with Crippen LogP contribution in [0.5, 0.6) is 5.75 Å². The van der Waals surface area contributed by atoms with Gasteiger partial charge < -0.3 is 15.0 Å². The Kier molecular flexibility index (Phi) is 9.78. The number of nitrogens with one attached hydrogen (secondary N) is 1. The molecule has 37 heavy (non-hydrogen) atoms. The van der Waals surface area contributed by atoms with E-state index >= 15 is 0 Å². The van der Waals surface area contributed by atoms with Crippen LogP contribution in [0.2, 0.25) is 0 Å². The molecule has 3 aromatic carbocycles. The number of hydrogen-bond acceptors (Lipinski definition) is 3. The minimum Gasteiger partial charge on any atom is -0.484 e. The van der Waals surface area contributed by atoms with Crippen LogP contribution in [0.25, 0.3) is 0 Å². The van der Waals surface area contributed by atoms with Gasteiger partial charge in [-0.05, 0) is 54.7 Å². The molecule has 1 atom stereocenters. The van der Waals surface area contributed by atoms with Gasteiger partial charge in [-0.1, -0.05) is 95.9 Å². The zero-order valence-corrected chi connectivity index (χ0v) is 23.0. The van der Waals surface area contributed by atoms with E-state index in [9.17, 15) is 9.59 Å². The van der Waals surface area contributed by atoms with Crippen molar-refractivity contribution in [2.45, 2.75) is 64.1 Å². The Bertz CT molecular complexity index is 1160. The number of aryl methyl sites for hydroxylation is 1. The Hall–Kier alpha value is -3.12. The molecule has 0 unspecified atom stereocenters. The van der Waals surface area contributed by atoms with Crippen molar-refractivity contribution in [2.24, 2.45) is 0 Å². The minimum atomic E-state index is -0.646. The fourth-order valence-electron chi connectivity index (χ4n) is 4.81. The monoisotopic (exact) mass is 562 g/mol. The molecule has 0 bridgehead atoms. The van der Waals surface area contributed by atoms with Crippen LogP contribution < -0.4 is 10.1 Å². The molecule has 2 amide bonds. The van der Waals surface area contributed by atoms with Crippen LogP contribution in [0.3, 0.4) is 0 Å². The molecule has 1 fully saturated rings. The van der Waals surface area contributed by atoms with Crippen LogP contribution in [-0.2, 0) is 22.6 Å². The zero-order valence-electron chi connectivity index (χ0n) is 21.4. The second kappa shape index (κ2) is 13.4. The summed E-state index contributed by atoms with van der Waals surface area (Å²) in [5, 5.41) is 3.27. The van der Waals surface area contributed by atoms with E-state index in [1.807, 2.05) is 85.8 Å². The van der Waals surface area contributed by atoms with Gasteiger partial charge in [0.15, 0.2) is 6.61 Å². The first kappa shape index (κ1) is 26.9. The molecule has 0 spiro atoms. The molecule has 6 heteroatoms. The van der Waals surface area contributed by atoms with Gasteiger partial charge in [-0.2, -0.15) is 0 Å². The lowest BCUT2D eigenvalue weighted by atomic mass is 9.94. The van der Waals surface area contributed by atoms with Crippen molar-refractivity contribution in [1.82, 2.24) is 10.2 Å². The van der Waals surface area contributed by atoms with Gasteiger partial charge in [0.1, 0.15) is 11.8 Å². The largest absolute Gasteiger partial charge is 0.484 e. The van der Waals surface area contributed by atoms with Crippen molar-refractivity contribution in [1.29, 1.82) is 0 Å². The first-order valence-electron chi connectivity index (χ1n) is 13.1. The van der Waals surface area contributed by atoms with Gasteiger partial charge in [-0.15, -0.1) is 0 Å². The molecule has 0 aromatic heterocycles. The summed E-state index contributed by atoms with van der Waals surface area (Å²) in [7, 11) is 0. The molecule has 0 saturated heterocycles. The summed E-state index contributed by atoms with van der Waals surface area (Å²) in [4.78, 5) is 29.2. The van der Waals surface area contributed by atoms with Crippen molar-refractivity contribution in [3.63, 3.8) is 0 Å². The van der Waals surface area contributed by atoms with E-state index in [0.717, 1.165) is 46.8 Å². The van der Waals surface area contributed by atoms with E-state index in [4.69, 9.17) is 4.74 Å². The highest BCUT2D eigenvalue weighted by Crippen LogP contribution is 2.23. The van der Waals surface area contributed by atoms with Crippen molar-refractivity contribution in [3.8, 4) is 5.75 Å². The molecule has 4 rings (SSSR count). The molecule has 1 aliphatic carbocycles. The summed E-state index contributed by atoms with van der Waals surface area (Å²) < 4.78 is 6.89. The van der Waals surface area contributed by atoms with Crippen LogP contribution in [0.4, 0.5) is 0 Å². The summed E-state index contributed by atoms with van der Waals surface area (Å²) in [6.07, 6.45) is 5.88. The Balaban J connectivity index is 1.59. The number of nitrogens with zero attached hydrogens (tertiary/aromatic N) is 1. The lowest BCUT2D eigenvalue weighted by Gasteiger charge is -2.33. The van der Waals surface area contributed by atoms with Crippen LogP contribution in [0.1, 0.15) is 48.8 Å². The summed E-state index contributed by atoms with van der Waals surface area (Å²) in [6, 6.07) is 24.9. The molecule has 3 aromatic rings. The molecule has 1 aliphatic rings. The van der Waals surface area contributed by atoms with E-state index in [-0.39, 0.29) is 24.5 Å². The third-order valence-corrected chi connectivity index (χ3v) is 7.80. The van der Waals surface area contributed by atoms with Crippen LogP contribution in [-0.4, -0.2) is 35.4 Å². The average Bonchev–Trinajstić information content (AvgIpc) is 2.93. The molecule has 194 valence electrons. The van der Waals surface area contributed by atoms with Crippen LogP contribution in [0, 0.1) is 6.92 Å². The van der Waals surface area contributed by atoms with Crippen molar-refractivity contribution >= 4 is 27.7 Å². The number of carbonyl (C=O) groups is 2. The zero-order chi connectivity index (χ0) is 26.0. The number of amides is 2. The quantitative estimate of drug-likeness (QED) is 0.319. The van der Waals surface area contributed by atoms with Crippen LogP contribution in [0.15, 0.2) is 83.3 Å². The maximum absolute atomic E-state index is 13.8. The standard InChI is InChI=1S/C31H35BrN2O3/c1-23-19-27(17-18-28(23)32)37-22-30(35)34(21-25-13-7-3-8-14-25)29(20-24-11-5-2-6-12-24)31(36)33-26-15-9-4-10-16-26/h2-3,5-8,11-14,17-19,26,29H,4,9-10,15-16,20-22H2,1H3,(H,33,36)/t29-/m0/s1. The lowest BCUT2D eigenvalue weighted by molar-refractivity contribution is -0.143. The lowest BCUT2D eigenvalue weighted by Crippen LogP contribution is -2.53. The third kappa shape index (κ3) is 7.93. The Labute approximate surface area is 228 Å². The SMILES string of the molecule is Cc1cc(OCC(=O)N(Cc2ccccc2)[C@@H](Cc2ccccc2)C(=O)NC2CCCCC2)ccc1Br. The summed E-state index contributed by atoms with van der Waals surface area (Å²) in [5.41, 5.74) is 3.01. The molecule has 0 aliphatic heterocycles. The van der Waals surface area contributed by atoms with Gasteiger partial charge in [-0.25, -0.2) is 0 Å². The predicted molar refractivity (Wildman–Crippen MR) is 150 cm³/mol. The number of benzene rings is 3. The molecular formula is C31H35BrN2O3. The van der Waals surface area contributed by atoms with Crippen molar-refractivity contribution in [3.05, 3.63) is 100 Å². The van der Waals surface area contributed by atoms with Gasteiger partial charge in [-0.3, -0.25) is 9.59 Å². The number of hydrogen-bond donors (Lipinski definition) is 1. The maximum atomic E-state index is 13.8. The molecule has 0 radical (unpaired) electrons. The highest BCUT2D eigenvalue weighted by atomic mass is 79.9. The Morgan fingerprint density at radius 2 is 1.59 bits per heavy atom. The summed E-state index contributed by atoms with van der Waals surface area (Å²) >= 11 is 3.50. The fourth-order valence-corrected chi connectivity index (χ4v) is 5.06. The van der Waals surface area contributed by atoms with Gasteiger partial charge in [0.25, 0.3) is 5.91 Å². The first-order chi connectivity index (χ1) is 18.0. The summed E-state index contributed by atoms with van der Waals surface area (Å²) in [5.74, 6) is 0.309. The number of halogens is 1. The van der Waals surface area contributed by atoms with E-state index in [0.29, 0.717) is 18.7 Å². The average molecular weight is 564 g/mol. The number of carbonyl (C=O) groups excluding carboxylic acids is 2. The normalized spacial score (nSPS) is 14.5. The van der Waals surface area contributed by atoms with Crippen LogP contribution >= 0.6 is 15.9 Å². The summed E-state index contributed by atoms with van der Waals surface area (Å²) in [6.45, 7) is 2.17. The smallest absolute Gasteiger partial charge is 0.261 e. The van der Waals surface area contributed by atoms with Gasteiger partial charge in [0.05, 0.1) is 0 Å². The van der Waals surface area contributed by atoms with E-state index in [2.05, 4.69) is 21.2 Å². The van der Waals surface area contributed by atoms with E-state index in [1.165, 1.54) is 6.42 Å². The number of ether oxygens (including phenoxy) is 1. The third-order valence-electron chi connectivity index (χ3n) is 6.91. The second-order valence-corrected chi connectivity index (χ2v) is 10.6. The highest BCUT2D eigenvalue weighted by molar-refractivity contribution is 9.10. The Morgan fingerprint density at radius 3 is 2.24 bits per heavy atom. The van der Waals surface area contributed by atoms with Crippen molar-refractivity contribution in [2.75, 3.05) is 6.61 Å².